The zero-order valence-corrected chi connectivity index (χ0v) is 17.5. The van der Waals surface area contributed by atoms with Gasteiger partial charge in [-0.15, -0.1) is 0 Å². The minimum absolute atomic E-state index is 0.0958. The van der Waals surface area contributed by atoms with Gasteiger partial charge in [-0.2, -0.15) is 0 Å². The van der Waals surface area contributed by atoms with Gasteiger partial charge in [-0.1, -0.05) is 13.0 Å². The molecule has 1 amide bonds. The maximum absolute atomic E-state index is 14.9. The quantitative estimate of drug-likeness (QED) is 0.661. The molecule has 3 aromatic rings. The van der Waals surface area contributed by atoms with Crippen LogP contribution in [-0.4, -0.2) is 45.9 Å². The minimum Gasteiger partial charge on any atom is -0.354 e. The van der Waals surface area contributed by atoms with E-state index in [9.17, 15) is 14.0 Å². The van der Waals surface area contributed by atoms with Gasteiger partial charge in [-0.25, -0.2) is 4.39 Å². The van der Waals surface area contributed by atoms with Crippen LogP contribution in [0.5, 0.6) is 0 Å². The van der Waals surface area contributed by atoms with E-state index in [-0.39, 0.29) is 23.8 Å². The number of hydrogen-bond acceptors (Lipinski definition) is 5. The van der Waals surface area contributed by atoms with E-state index in [0.29, 0.717) is 53.8 Å². The summed E-state index contributed by atoms with van der Waals surface area (Å²) in [4.78, 5) is 37.2. The van der Waals surface area contributed by atoms with Crippen LogP contribution in [0.3, 0.4) is 0 Å². The summed E-state index contributed by atoms with van der Waals surface area (Å²) < 4.78 is 14.9. The van der Waals surface area contributed by atoms with Crippen LogP contribution in [0, 0.1) is 0 Å². The third-order valence-electron chi connectivity index (χ3n) is 5.55. The molecule has 0 spiro atoms. The Bertz CT molecular complexity index is 1220. The number of fused-ring (bicyclic) bond motifs is 1. The van der Waals surface area contributed by atoms with E-state index in [2.05, 4.69) is 20.3 Å². The van der Waals surface area contributed by atoms with Gasteiger partial charge in [-0.05, 0) is 47.7 Å². The Hall–Kier alpha value is -3.39. The van der Waals surface area contributed by atoms with Gasteiger partial charge < -0.3 is 10.3 Å². The van der Waals surface area contributed by atoms with Crippen LogP contribution in [0.25, 0.3) is 16.6 Å². The summed E-state index contributed by atoms with van der Waals surface area (Å²) >= 11 is 0. The van der Waals surface area contributed by atoms with Gasteiger partial charge >= 0.3 is 0 Å². The molecule has 4 heterocycles. The Labute approximate surface area is 179 Å². The lowest BCUT2D eigenvalue weighted by Crippen LogP contribution is -2.30. The Balaban J connectivity index is 1.49. The SMILES string of the molecule is CCc1cc2ncc(CN3CCC(c4ccc(C(=O)NC)nc4)=C(F)C3)cc2[nH]c1=O. The lowest BCUT2D eigenvalue weighted by atomic mass is 9.99. The minimum atomic E-state index is -0.271. The third-order valence-corrected chi connectivity index (χ3v) is 5.55. The number of aromatic nitrogens is 3. The highest BCUT2D eigenvalue weighted by atomic mass is 19.1. The summed E-state index contributed by atoms with van der Waals surface area (Å²) in [5.41, 5.74) is 4.60. The van der Waals surface area contributed by atoms with Crippen molar-refractivity contribution in [3.63, 3.8) is 0 Å². The van der Waals surface area contributed by atoms with Crippen molar-refractivity contribution >= 4 is 22.5 Å². The van der Waals surface area contributed by atoms with Gasteiger partial charge in [0.2, 0.25) is 0 Å². The molecule has 0 radical (unpaired) electrons. The van der Waals surface area contributed by atoms with E-state index in [1.807, 2.05) is 24.0 Å². The van der Waals surface area contributed by atoms with E-state index < -0.39 is 0 Å². The number of rotatable bonds is 5. The highest BCUT2D eigenvalue weighted by molar-refractivity contribution is 5.92. The molecule has 0 bridgehead atoms. The molecule has 3 aromatic heterocycles. The van der Waals surface area contributed by atoms with Gasteiger partial charge in [0.15, 0.2) is 0 Å². The van der Waals surface area contributed by atoms with Crippen molar-refractivity contribution < 1.29 is 9.18 Å². The summed E-state index contributed by atoms with van der Waals surface area (Å²) in [6, 6.07) is 7.06. The lowest BCUT2D eigenvalue weighted by Gasteiger charge is -2.27. The van der Waals surface area contributed by atoms with Gasteiger partial charge in [0, 0.05) is 38.1 Å². The second-order valence-electron chi connectivity index (χ2n) is 7.61. The van der Waals surface area contributed by atoms with Crippen LogP contribution < -0.4 is 10.9 Å². The number of H-pyrrole nitrogens is 1. The van der Waals surface area contributed by atoms with Crippen LogP contribution in [0.15, 0.2) is 47.3 Å². The van der Waals surface area contributed by atoms with Gasteiger partial charge in [0.05, 0.1) is 17.6 Å². The standard InChI is InChI=1S/C23H24FN5O2/c1-3-15-9-20-21(28-22(15)30)8-14(10-26-20)12-29-7-6-17(18(24)13-29)16-4-5-19(27-11-16)23(31)25-2/h4-5,8-11H,3,6-7,12-13H2,1-2H3,(H,25,31)(H,28,30). The maximum Gasteiger partial charge on any atom is 0.269 e. The molecule has 8 heteroatoms. The molecule has 0 aliphatic carbocycles. The van der Waals surface area contributed by atoms with Crippen molar-refractivity contribution in [2.45, 2.75) is 26.3 Å². The fraction of sp³-hybridized carbons (Fsp3) is 0.304. The van der Waals surface area contributed by atoms with E-state index >= 15 is 0 Å². The molecule has 0 saturated heterocycles. The van der Waals surface area contributed by atoms with E-state index in [1.165, 1.54) is 0 Å². The number of pyridine rings is 3. The molecular weight excluding hydrogens is 397 g/mol. The molecule has 160 valence electrons. The number of nitrogens with one attached hydrogen (secondary N) is 2. The van der Waals surface area contributed by atoms with Crippen molar-refractivity contribution in [1.82, 2.24) is 25.2 Å². The summed E-state index contributed by atoms with van der Waals surface area (Å²) in [5.74, 6) is -0.470. The fourth-order valence-corrected chi connectivity index (χ4v) is 3.82. The van der Waals surface area contributed by atoms with Crippen molar-refractivity contribution in [2.24, 2.45) is 0 Å². The first-order valence-electron chi connectivity index (χ1n) is 10.3. The first-order chi connectivity index (χ1) is 15.0. The van der Waals surface area contributed by atoms with Crippen LogP contribution in [0.4, 0.5) is 4.39 Å². The van der Waals surface area contributed by atoms with Crippen LogP contribution in [0.1, 0.15) is 40.5 Å². The fourth-order valence-electron chi connectivity index (χ4n) is 3.82. The molecule has 1 aliphatic rings. The number of nitrogens with zero attached hydrogens (tertiary/aromatic N) is 3. The van der Waals surface area contributed by atoms with Crippen LogP contribution >= 0.6 is 0 Å². The smallest absolute Gasteiger partial charge is 0.269 e. The molecular formula is C23H24FN5O2. The van der Waals surface area contributed by atoms with Gasteiger partial charge in [-0.3, -0.25) is 24.5 Å². The zero-order valence-electron chi connectivity index (χ0n) is 17.5. The van der Waals surface area contributed by atoms with E-state index in [1.54, 1.807) is 31.6 Å². The predicted molar refractivity (Wildman–Crippen MR) is 117 cm³/mol. The average molecular weight is 421 g/mol. The second kappa shape index (κ2) is 8.77. The third kappa shape index (κ3) is 4.39. The Morgan fingerprint density at radius 2 is 2.10 bits per heavy atom. The molecule has 0 fully saturated rings. The number of aryl methyl sites for hydroxylation is 1. The molecule has 0 saturated carbocycles. The van der Waals surface area contributed by atoms with E-state index in [0.717, 1.165) is 11.1 Å². The second-order valence-corrected chi connectivity index (χ2v) is 7.61. The Morgan fingerprint density at radius 1 is 1.26 bits per heavy atom. The molecule has 0 atom stereocenters. The first kappa shape index (κ1) is 20.9. The van der Waals surface area contributed by atoms with Gasteiger partial charge in [0.25, 0.3) is 11.5 Å². The monoisotopic (exact) mass is 421 g/mol. The highest BCUT2D eigenvalue weighted by Crippen LogP contribution is 2.28. The van der Waals surface area contributed by atoms with Gasteiger partial charge in [0.1, 0.15) is 11.5 Å². The molecule has 4 rings (SSSR count). The number of aromatic amines is 1. The molecule has 31 heavy (non-hydrogen) atoms. The number of hydrogen-bond donors (Lipinski definition) is 2. The zero-order chi connectivity index (χ0) is 22.0. The summed E-state index contributed by atoms with van der Waals surface area (Å²) in [6.07, 6.45) is 4.52. The number of amides is 1. The summed E-state index contributed by atoms with van der Waals surface area (Å²) in [7, 11) is 1.54. The number of carbonyl (C=O) groups excluding carboxylic acids is 1. The number of halogens is 1. The largest absolute Gasteiger partial charge is 0.354 e. The summed E-state index contributed by atoms with van der Waals surface area (Å²) in [5, 5.41) is 2.52. The topological polar surface area (TPSA) is 91.0 Å². The average Bonchev–Trinajstić information content (AvgIpc) is 2.78. The van der Waals surface area contributed by atoms with Crippen LogP contribution in [-0.2, 0) is 13.0 Å². The Kier molecular flexibility index (Phi) is 5.90. The van der Waals surface area contributed by atoms with Crippen LogP contribution in [0.2, 0.25) is 0 Å². The highest BCUT2D eigenvalue weighted by Gasteiger charge is 2.21. The molecule has 0 unspecified atom stereocenters. The maximum atomic E-state index is 14.9. The molecule has 0 aromatic carbocycles. The predicted octanol–water partition coefficient (Wildman–Crippen LogP) is 2.83. The molecule has 1 aliphatic heterocycles. The van der Waals surface area contributed by atoms with Crippen molar-refractivity contribution in [1.29, 1.82) is 0 Å². The lowest BCUT2D eigenvalue weighted by molar-refractivity contribution is 0.0958. The Morgan fingerprint density at radius 3 is 2.77 bits per heavy atom. The first-order valence-corrected chi connectivity index (χ1v) is 10.3. The van der Waals surface area contributed by atoms with Crippen molar-refractivity contribution in [2.75, 3.05) is 20.1 Å². The molecule has 7 nitrogen and oxygen atoms in total. The number of carbonyl (C=O) groups is 1. The normalized spacial score (nSPS) is 14.8. The van der Waals surface area contributed by atoms with E-state index in [4.69, 9.17) is 0 Å². The molecule has 2 N–H and O–H groups in total. The van der Waals surface area contributed by atoms with Crippen molar-refractivity contribution in [3.05, 3.63) is 75.2 Å². The summed E-state index contributed by atoms with van der Waals surface area (Å²) in [6.45, 7) is 3.35. The van der Waals surface area contributed by atoms with Crippen molar-refractivity contribution in [3.8, 4) is 0 Å².